The van der Waals surface area contributed by atoms with Crippen molar-refractivity contribution < 1.29 is 9.90 Å². The molecule has 1 amide bonds. The Morgan fingerprint density at radius 3 is 2.62 bits per heavy atom. The second-order valence-electron chi connectivity index (χ2n) is 6.02. The normalized spacial score (nSPS) is 22.0. The number of carbonyl (C=O) groups is 1. The minimum atomic E-state index is 0.0331. The second kappa shape index (κ2) is 6.94. The van der Waals surface area contributed by atoms with E-state index in [1.807, 2.05) is 4.90 Å². The zero-order chi connectivity index (χ0) is 15.4. The van der Waals surface area contributed by atoms with E-state index in [4.69, 9.17) is 5.73 Å². The van der Waals surface area contributed by atoms with E-state index in [0.717, 1.165) is 38.6 Å². The molecule has 1 aliphatic rings. The Hall–Kier alpha value is -1.55. The first-order valence-corrected chi connectivity index (χ1v) is 7.89. The van der Waals surface area contributed by atoms with Crippen molar-refractivity contribution in [3.05, 3.63) is 29.3 Å². The lowest BCUT2D eigenvalue weighted by Gasteiger charge is -2.36. The van der Waals surface area contributed by atoms with Crippen molar-refractivity contribution in [1.29, 1.82) is 0 Å². The Kier molecular flexibility index (Phi) is 5.23. The molecule has 0 unspecified atom stereocenters. The molecule has 21 heavy (non-hydrogen) atoms. The van der Waals surface area contributed by atoms with Gasteiger partial charge >= 0.3 is 0 Å². The van der Waals surface area contributed by atoms with Crippen LogP contribution in [0.3, 0.4) is 0 Å². The van der Waals surface area contributed by atoms with E-state index in [1.165, 1.54) is 0 Å². The summed E-state index contributed by atoms with van der Waals surface area (Å²) in [5.41, 5.74) is 7.24. The standard InChI is InChI=1S/C17H26N2O2/c1-3-11-19(14-9-7-13(18)8-10-14)17(21)15-5-4-6-16(20)12(15)2/h4-6,13-14,20H,3,7-11,18H2,1-2H3. The number of benzene rings is 1. The van der Waals surface area contributed by atoms with Crippen LogP contribution in [0.4, 0.5) is 0 Å². The van der Waals surface area contributed by atoms with Gasteiger partial charge in [-0.1, -0.05) is 13.0 Å². The number of amides is 1. The molecule has 1 fully saturated rings. The summed E-state index contributed by atoms with van der Waals surface area (Å²) < 4.78 is 0. The summed E-state index contributed by atoms with van der Waals surface area (Å²) in [7, 11) is 0. The number of hydrogen-bond donors (Lipinski definition) is 2. The molecule has 1 aromatic carbocycles. The average Bonchev–Trinajstić information content (AvgIpc) is 2.48. The fraction of sp³-hybridized carbons (Fsp3) is 0.588. The molecule has 0 saturated heterocycles. The minimum Gasteiger partial charge on any atom is -0.508 e. The molecule has 1 aromatic rings. The van der Waals surface area contributed by atoms with Crippen LogP contribution in [-0.4, -0.2) is 34.5 Å². The number of phenolic OH excluding ortho intramolecular Hbond substituents is 1. The predicted molar refractivity (Wildman–Crippen MR) is 84.4 cm³/mol. The third-order valence-corrected chi connectivity index (χ3v) is 4.44. The number of nitrogens with two attached hydrogens (primary N) is 1. The van der Waals surface area contributed by atoms with E-state index in [0.29, 0.717) is 11.1 Å². The molecule has 2 rings (SSSR count). The van der Waals surface area contributed by atoms with Crippen LogP contribution >= 0.6 is 0 Å². The summed E-state index contributed by atoms with van der Waals surface area (Å²) in [6.45, 7) is 4.64. The smallest absolute Gasteiger partial charge is 0.254 e. The molecule has 1 aliphatic carbocycles. The van der Waals surface area contributed by atoms with Gasteiger partial charge in [-0.05, 0) is 51.2 Å². The predicted octanol–water partition coefficient (Wildman–Crippen LogP) is 2.82. The molecule has 116 valence electrons. The first kappa shape index (κ1) is 15.8. The molecule has 4 nitrogen and oxygen atoms in total. The third kappa shape index (κ3) is 3.56. The fourth-order valence-electron chi connectivity index (χ4n) is 3.11. The van der Waals surface area contributed by atoms with Gasteiger partial charge in [-0.2, -0.15) is 0 Å². The molecule has 0 radical (unpaired) electrons. The van der Waals surface area contributed by atoms with Crippen LogP contribution in [0, 0.1) is 6.92 Å². The van der Waals surface area contributed by atoms with Crippen LogP contribution < -0.4 is 5.73 Å². The molecule has 0 heterocycles. The Morgan fingerprint density at radius 2 is 2.00 bits per heavy atom. The highest BCUT2D eigenvalue weighted by Gasteiger charge is 2.28. The van der Waals surface area contributed by atoms with Crippen molar-refractivity contribution >= 4 is 5.91 Å². The van der Waals surface area contributed by atoms with Crippen molar-refractivity contribution in [2.24, 2.45) is 5.73 Å². The van der Waals surface area contributed by atoms with Crippen molar-refractivity contribution in [3.8, 4) is 5.75 Å². The van der Waals surface area contributed by atoms with Gasteiger partial charge in [-0.15, -0.1) is 0 Å². The minimum absolute atomic E-state index is 0.0331. The average molecular weight is 290 g/mol. The summed E-state index contributed by atoms with van der Waals surface area (Å²) >= 11 is 0. The quantitative estimate of drug-likeness (QED) is 0.896. The van der Waals surface area contributed by atoms with Crippen LogP contribution in [0.2, 0.25) is 0 Å². The van der Waals surface area contributed by atoms with Gasteiger partial charge in [0.1, 0.15) is 5.75 Å². The highest BCUT2D eigenvalue weighted by atomic mass is 16.3. The van der Waals surface area contributed by atoms with E-state index >= 15 is 0 Å². The zero-order valence-electron chi connectivity index (χ0n) is 13.0. The molecule has 4 heteroatoms. The van der Waals surface area contributed by atoms with Crippen LogP contribution in [-0.2, 0) is 0 Å². The first-order valence-electron chi connectivity index (χ1n) is 7.89. The van der Waals surface area contributed by atoms with Gasteiger partial charge in [-0.25, -0.2) is 0 Å². The van der Waals surface area contributed by atoms with E-state index < -0.39 is 0 Å². The lowest BCUT2D eigenvalue weighted by molar-refractivity contribution is 0.0625. The molecular formula is C17H26N2O2. The molecule has 3 N–H and O–H groups in total. The van der Waals surface area contributed by atoms with Crippen molar-refractivity contribution in [2.75, 3.05) is 6.54 Å². The number of nitrogens with zero attached hydrogens (tertiary/aromatic N) is 1. The summed E-state index contributed by atoms with van der Waals surface area (Å²) in [6.07, 6.45) is 4.86. The topological polar surface area (TPSA) is 66.6 Å². The van der Waals surface area contributed by atoms with Gasteiger partial charge in [-0.3, -0.25) is 4.79 Å². The molecule has 0 bridgehead atoms. The summed E-state index contributed by atoms with van der Waals surface area (Å²) in [6, 6.07) is 5.71. The van der Waals surface area contributed by atoms with Gasteiger partial charge in [0.15, 0.2) is 0 Å². The number of hydrogen-bond acceptors (Lipinski definition) is 3. The maximum atomic E-state index is 12.9. The van der Waals surface area contributed by atoms with Crippen molar-refractivity contribution in [3.63, 3.8) is 0 Å². The maximum absolute atomic E-state index is 12.9. The number of carbonyl (C=O) groups excluding carboxylic acids is 1. The lowest BCUT2D eigenvalue weighted by Crippen LogP contribution is -2.44. The lowest BCUT2D eigenvalue weighted by atomic mass is 9.90. The van der Waals surface area contributed by atoms with Gasteiger partial charge in [0, 0.05) is 29.8 Å². The molecule has 0 spiro atoms. The Morgan fingerprint density at radius 1 is 1.33 bits per heavy atom. The monoisotopic (exact) mass is 290 g/mol. The van der Waals surface area contributed by atoms with E-state index in [1.54, 1.807) is 25.1 Å². The fourth-order valence-corrected chi connectivity index (χ4v) is 3.11. The Balaban J connectivity index is 2.21. The van der Waals surface area contributed by atoms with Gasteiger partial charge in [0.2, 0.25) is 0 Å². The highest BCUT2D eigenvalue weighted by molar-refractivity contribution is 5.96. The van der Waals surface area contributed by atoms with E-state index in [-0.39, 0.29) is 23.7 Å². The third-order valence-electron chi connectivity index (χ3n) is 4.44. The van der Waals surface area contributed by atoms with Gasteiger partial charge in [0.25, 0.3) is 5.91 Å². The second-order valence-corrected chi connectivity index (χ2v) is 6.02. The summed E-state index contributed by atoms with van der Waals surface area (Å²) in [5, 5.41) is 9.82. The molecule has 0 atom stereocenters. The van der Waals surface area contributed by atoms with Crippen molar-refractivity contribution in [2.45, 2.75) is 58.0 Å². The SMILES string of the molecule is CCCN(C(=O)c1cccc(O)c1C)C1CCC(N)CC1. The van der Waals surface area contributed by atoms with E-state index in [9.17, 15) is 9.90 Å². The highest BCUT2D eigenvalue weighted by Crippen LogP contribution is 2.26. The summed E-state index contributed by atoms with van der Waals surface area (Å²) in [5.74, 6) is 0.216. The number of rotatable bonds is 4. The van der Waals surface area contributed by atoms with Crippen LogP contribution in [0.1, 0.15) is 54.9 Å². The molecule has 1 saturated carbocycles. The van der Waals surface area contributed by atoms with Crippen LogP contribution in [0.15, 0.2) is 18.2 Å². The molecule has 0 aromatic heterocycles. The van der Waals surface area contributed by atoms with Crippen LogP contribution in [0.5, 0.6) is 5.75 Å². The zero-order valence-corrected chi connectivity index (χ0v) is 13.0. The largest absolute Gasteiger partial charge is 0.508 e. The van der Waals surface area contributed by atoms with Crippen LogP contribution in [0.25, 0.3) is 0 Å². The molecule has 0 aliphatic heterocycles. The maximum Gasteiger partial charge on any atom is 0.254 e. The van der Waals surface area contributed by atoms with Gasteiger partial charge in [0.05, 0.1) is 0 Å². The van der Waals surface area contributed by atoms with Gasteiger partial charge < -0.3 is 15.7 Å². The molecular weight excluding hydrogens is 264 g/mol. The van der Waals surface area contributed by atoms with Crippen molar-refractivity contribution in [1.82, 2.24) is 4.90 Å². The Bertz CT molecular complexity index is 494. The van der Waals surface area contributed by atoms with E-state index in [2.05, 4.69) is 6.92 Å². The number of phenols is 1. The summed E-state index contributed by atoms with van der Waals surface area (Å²) in [4.78, 5) is 14.9. The number of aromatic hydroxyl groups is 1. The first-order chi connectivity index (χ1) is 10.0. The Labute approximate surface area is 126 Å².